The molecule has 0 aliphatic heterocycles. The van der Waals surface area contributed by atoms with Crippen molar-refractivity contribution in [3.63, 3.8) is 0 Å². The lowest BCUT2D eigenvalue weighted by Gasteiger charge is -2.08. The molecule has 108 valence electrons. The van der Waals surface area contributed by atoms with Gasteiger partial charge in [0.05, 0.1) is 5.69 Å². The summed E-state index contributed by atoms with van der Waals surface area (Å²) in [7, 11) is 0. The molecule has 1 aromatic carbocycles. The van der Waals surface area contributed by atoms with E-state index in [9.17, 15) is 9.59 Å². The summed E-state index contributed by atoms with van der Waals surface area (Å²) in [6.45, 7) is 1.59. The molecule has 1 amide bonds. The molecule has 0 radical (unpaired) electrons. The normalized spacial score (nSPS) is 10.1. The van der Waals surface area contributed by atoms with Crippen molar-refractivity contribution in [2.75, 3.05) is 5.32 Å². The molecule has 0 aliphatic rings. The molecule has 6 nitrogen and oxygen atoms in total. The van der Waals surface area contributed by atoms with E-state index in [0.717, 1.165) is 4.68 Å². The third-order valence-electron chi connectivity index (χ3n) is 2.72. The zero-order valence-corrected chi connectivity index (χ0v) is 12.2. The SMILES string of the molecule is Cc1ccc(=O)n(CC(=O)Nc2cccc(C(N)=S)c2)n1. The van der Waals surface area contributed by atoms with Gasteiger partial charge in [-0.05, 0) is 25.1 Å². The molecule has 21 heavy (non-hydrogen) atoms. The second kappa shape index (κ2) is 6.27. The molecule has 2 aromatic rings. The number of aryl methyl sites for hydroxylation is 1. The first-order valence-corrected chi connectivity index (χ1v) is 6.61. The van der Waals surface area contributed by atoms with Crippen molar-refractivity contribution in [3.05, 3.63) is 58.0 Å². The summed E-state index contributed by atoms with van der Waals surface area (Å²) < 4.78 is 1.11. The van der Waals surface area contributed by atoms with Crippen LogP contribution in [0.3, 0.4) is 0 Å². The number of carbonyl (C=O) groups is 1. The third-order valence-corrected chi connectivity index (χ3v) is 2.96. The lowest BCUT2D eigenvalue weighted by atomic mass is 10.2. The number of hydrogen-bond acceptors (Lipinski definition) is 4. The Hall–Kier alpha value is -2.54. The lowest BCUT2D eigenvalue weighted by molar-refractivity contribution is -0.117. The topological polar surface area (TPSA) is 90.0 Å². The van der Waals surface area contributed by atoms with Crippen LogP contribution in [0.2, 0.25) is 0 Å². The highest BCUT2D eigenvalue weighted by Gasteiger charge is 2.07. The van der Waals surface area contributed by atoms with E-state index in [1.807, 2.05) is 0 Å². The summed E-state index contributed by atoms with van der Waals surface area (Å²) in [6.07, 6.45) is 0. The van der Waals surface area contributed by atoms with Crippen molar-refractivity contribution in [3.8, 4) is 0 Å². The smallest absolute Gasteiger partial charge is 0.267 e. The molecule has 0 unspecified atom stereocenters. The van der Waals surface area contributed by atoms with Crippen molar-refractivity contribution in [2.24, 2.45) is 5.73 Å². The molecular weight excluding hydrogens is 288 g/mol. The summed E-state index contributed by atoms with van der Waals surface area (Å²) >= 11 is 4.88. The number of rotatable bonds is 4. The van der Waals surface area contributed by atoms with Crippen LogP contribution in [0.5, 0.6) is 0 Å². The first-order valence-electron chi connectivity index (χ1n) is 6.20. The number of amides is 1. The van der Waals surface area contributed by atoms with Crippen LogP contribution in [-0.4, -0.2) is 20.7 Å². The highest BCUT2D eigenvalue weighted by molar-refractivity contribution is 7.80. The molecule has 0 saturated heterocycles. The molecule has 7 heteroatoms. The average Bonchev–Trinajstić information content (AvgIpc) is 2.43. The van der Waals surface area contributed by atoms with E-state index in [1.165, 1.54) is 6.07 Å². The molecule has 0 bridgehead atoms. The predicted molar refractivity (Wildman–Crippen MR) is 84.2 cm³/mol. The molecule has 0 atom stereocenters. The molecule has 2 rings (SSSR count). The Morgan fingerprint density at radius 1 is 1.38 bits per heavy atom. The van der Waals surface area contributed by atoms with Gasteiger partial charge in [-0.3, -0.25) is 9.59 Å². The Labute approximate surface area is 126 Å². The Morgan fingerprint density at radius 2 is 2.14 bits per heavy atom. The van der Waals surface area contributed by atoms with E-state index in [2.05, 4.69) is 10.4 Å². The van der Waals surface area contributed by atoms with Crippen LogP contribution < -0.4 is 16.6 Å². The first kappa shape index (κ1) is 14.9. The Balaban J connectivity index is 2.11. The maximum absolute atomic E-state index is 12.0. The zero-order valence-electron chi connectivity index (χ0n) is 11.4. The number of hydrogen-bond donors (Lipinski definition) is 2. The molecule has 3 N–H and O–H groups in total. The van der Waals surface area contributed by atoms with Gasteiger partial charge >= 0.3 is 0 Å². The second-order valence-corrected chi connectivity index (χ2v) is 4.90. The van der Waals surface area contributed by atoms with E-state index in [0.29, 0.717) is 16.9 Å². The van der Waals surface area contributed by atoms with Crippen molar-refractivity contribution in [1.29, 1.82) is 0 Å². The molecular formula is C14H14N4O2S. The molecule has 1 heterocycles. The summed E-state index contributed by atoms with van der Waals surface area (Å²) in [4.78, 5) is 23.8. The number of nitrogens with two attached hydrogens (primary N) is 1. The van der Waals surface area contributed by atoms with E-state index in [1.54, 1.807) is 37.3 Å². The summed E-state index contributed by atoms with van der Waals surface area (Å²) in [5.74, 6) is -0.352. The number of anilines is 1. The summed E-state index contributed by atoms with van der Waals surface area (Å²) in [5.41, 5.74) is 7.10. The van der Waals surface area contributed by atoms with Gasteiger partial charge in [-0.1, -0.05) is 24.4 Å². The van der Waals surface area contributed by atoms with Crippen LogP contribution in [0.4, 0.5) is 5.69 Å². The quantitative estimate of drug-likeness (QED) is 0.816. The molecule has 0 saturated carbocycles. The van der Waals surface area contributed by atoms with Crippen LogP contribution in [0, 0.1) is 6.92 Å². The highest BCUT2D eigenvalue weighted by Crippen LogP contribution is 2.10. The first-order chi connectivity index (χ1) is 9.95. The number of aromatic nitrogens is 2. The van der Waals surface area contributed by atoms with Crippen molar-refractivity contribution in [1.82, 2.24) is 9.78 Å². The minimum Gasteiger partial charge on any atom is -0.389 e. The minimum absolute atomic E-state index is 0.155. The van der Waals surface area contributed by atoms with Gasteiger partial charge in [-0.2, -0.15) is 5.10 Å². The standard InChI is InChI=1S/C14H14N4O2S/c1-9-5-6-13(20)18(17-9)8-12(19)16-11-4-2-3-10(7-11)14(15)21/h2-7H,8H2,1H3,(H2,15,21)(H,16,19). The number of carbonyl (C=O) groups excluding carboxylic acids is 1. The fraction of sp³-hybridized carbons (Fsp3) is 0.143. The van der Waals surface area contributed by atoms with Crippen molar-refractivity contribution >= 4 is 28.8 Å². The Bertz CT molecular complexity index is 755. The molecule has 0 spiro atoms. The predicted octanol–water partition coefficient (Wildman–Crippen LogP) is 0.825. The van der Waals surface area contributed by atoms with Crippen LogP contribution in [0.1, 0.15) is 11.3 Å². The monoisotopic (exact) mass is 302 g/mol. The van der Waals surface area contributed by atoms with Crippen LogP contribution in [0.15, 0.2) is 41.2 Å². The van der Waals surface area contributed by atoms with E-state index >= 15 is 0 Å². The number of benzene rings is 1. The lowest BCUT2D eigenvalue weighted by Crippen LogP contribution is -2.29. The van der Waals surface area contributed by atoms with Gasteiger partial charge < -0.3 is 11.1 Å². The maximum atomic E-state index is 12.0. The Kier molecular flexibility index (Phi) is 4.44. The van der Waals surface area contributed by atoms with Gasteiger partial charge in [0.15, 0.2) is 0 Å². The molecule has 0 fully saturated rings. The molecule has 0 aliphatic carbocycles. The number of thiocarbonyl (C=S) groups is 1. The van der Waals surface area contributed by atoms with Gasteiger partial charge in [0, 0.05) is 17.3 Å². The third kappa shape index (κ3) is 3.96. The Morgan fingerprint density at radius 3 is 2.86 bits per heavy atom. The van der Waals surface area contributed by atoms with E-state index < -0.39 is 0 Å². The van der Waals surface area contributed by atoms with Crippen molar-refractivity contribution < 1.29 is 4.79 Å². The fourth-order valence-corrected chi connectivity index (χ4v) is 1.88. The summed E-state index contributed by atoms with van der Waals surface area (Å²) in [6, 6.07) is 9.86. The zero-order chi connectivity index (χ0) is 15.4. The van der Waals surface area contributed by atoms with Gasteiger partial charge in [-0.15, -0.1) is 0 Å². The highest BCUT2D eigenvalue weighted by atomic mass is 32.1. The van der Waals surface area contributed by atoms with Crippen LogP contribution >= 0.6 is 12.2 Å². The van der Waals surface area contributed by atoms with E-state index in [-0.39, 0.29) is 23.0 Å². The number of nitrogens with one attached hydrogen (secondary N) is 1. The van der Waals surface area contributed by atoms with Crippen LogP contribution in [0.25, 0.3) is 0 Å². The van der Waals surface area contributed by atoms with Gasteiger partial charge in [-0.25, -0.2) is 4.68 Å². The second-order valence-electron chi connectivity index (χ2n) is 4.46. The fourth-order valence-electron chi connectivity index (χ4n) is 1.75. The van der Waals surface area contributed by atoms with E-state index in [4.69, 9.17) is 18.0 Å². The number of nitrogens with zero attached hydrogens (tertiary/aromatic N) is 2. The maximum Gasteiger partial charge on any atom is 0.267 e. The summed E-state index contributed by atoms with van der Waals surface area (Å²) in [5, 5.41) is 6.68. The van der Waals surface area contributed by atoms with Gasteiger partial charge in [0.2, 0.25) is 5.91 Å². The van der Waals surface area contributed by atoms with Crippen LogP contribution in [-0.2, 0) is 11.3 Å². The van der Waals surface area contributed by atoms with Gasteiger partial charge in [0.1, 0.15) is 11.5 Å². The van der Waals surface area contributed by atoms with Crippen molar-refractivity contribution in [2.45, 2.75) is 13.5 Å². The average molecular weight is 302 g/mol. The minimum atomic E-state index is -0.352. The van der Waals surface area contributed by atoms with Gasteiger partial charge in [0.25, 0.3) is 5.56 Å². The largest absolute Gasteiger partial charge is 0.389 e. The molecule has 1 aromatic heterocycles.